The fourth-order valence-electron chi connectivity index (χ4n) is 7.86. The summed E-state index contributed by atoms with van der Waals surface area (Å²) in [5.74, 6) is 0.727. The molecule has 0 aliphatic heterocycles. The zero-order valence-corrected chi connectivity index (χ0v) is 30.3. The Morgan fingerprint density at radius 1 is 0.382 bits per heavy atom. The molecule has 7 aromatic carbocycles. The summed E-state index contributed by atoms with van der Waals surface area (Å²) in [6.07, 6.45) is 8.78. The van der Waals surface area contributed by atoms with Crippen molar-refractivity contribution in [3.63, 3.8) is 0 Å². The smallest absolute Gasteiger partial charge is 0.160 e. The summed E-state index contributed by atoms with van der Waals surface area (Å²) < 4.78 is 2.37. The second-order valence-electron chi connectivity index (χ2n) is 14.1. The molecule has 0 bridgehead atoms. The third-order valence-corrected chi connectivity index (χ3v) is 10.6. The van der Waals surface area contributed by atoms with Gasteiger partial charge in [0.2, 0.25) is 0 Å². The van der Waals surface area contributed by atoms with Crippen molar-refractivity contribution < 1.29 is 0 Å². The van der Waals surface area contributed by atoms with Crippen LogP contribution >= 0.6 is 0 Å². The molecule has 0 unspecified atom stereocenters. The summed E-state index contributed by atoms with van der Waals surface area (Å²) >= 11 is 0. The van der Waals surface area contributed by atoms with Gasteiger partial charge in [0.1, 0.15) is 0 Å². The van der Waals surface area contributed by atoms with E-state index in [4.69, 9.17) is 9.97 Å². The molecule has 2 aromatic heterocycles. The van der Waals surface area contributed by atoms with E-state index in [1.807, 2.05) is 6.07 Å². The van der Waals surface area contributed by atoms with Gasteiger partial charge in [0.15, 0.2) is 5.82 Å². The molecule has 0 saturated carbocycles. The molecule has 0 spiro atoms. The van der Waals surface area contributed by atoms with Crippen molar-refractivity contribution in [3.05, 3.63) is 206 Å². The van der Waals surface area contributed by atoms with Gasteiger partial charge >= 0.3 is 0 Å². The number of hydrogen-bond acceptors (Lipinski definition) is 2. The molecule has 10 rings (SSSR count). The molecule has 1 aliphatic rings. The van der Waals surface area contributed by atoms with Gasteiger partial charge in [0, 0.05) is 27.6 Å². The number of aromatic nitrogens is 3. The van der Waals surface area contributed by atoms with Crippen LogP contribution in [0, 0.1) is 0 Å². The van der Waals surface area contributed by atoms with Gasteiger partial charge in [-0.05, 0) is 100 Å². The molecule has 0 radical (unpaired) electrons. The fourth-order valence-corrected chi connectivity index (χ4v) is 7.86. The summed E-state index contributed by atoms with van der Waals surface area (Å²) in [5, 5.41) is 2.53. The van der Waals surface area contributed by atoms with Crippen LogP contribution in [0.3, 0.4) is 0 Å². The molecular weight excluding hydrogens is 667 g/mol. The van der Waals surface area contributed by atoms with Gasteiger partial charge in [-0.1, -0.05) is 152 Å². The standard InChI is InChI=1S/C52H37N3/c1-4-14-36(15-5-1)42-32-43(34-44(33-42)38-28-30-45(31-29-38)55-50-22-12-10-20-46(50)47-21-11-13-23-51(47)55)37-24-26-41(27-25-37)52-53-48(39-16-6-2-7-17-39)35-49(54-52)40-18-8-3-9-19-40/h1-2,4-8,10-35H,3,9H2. The Kier molecular flexibility index (Phi) is 8.31. The lowest BCUT2D eigenvalue weighted by atomic mass is 9.93. The second-order valence-corrected chi connectivity index (χ2v) is 14.1. The predicted octanol–water partition coefficient (Wildman–Crippen LogP) is 13.6. The molecule has 1 aliphatic carbocycles. The van der Waals surface area contributed by atoms with Crippen LogP contribution in [0.25, 0.3) is 89.1 Å². The molecule has 2 heterocycles. The molecule has 0 N–H and O–H groups in total. The van der Waals surface area contributed by atoms with Crippen LogP contribution in [0.5, 0.6) is 0 Å². The number of hydrogen-bond donors (Lipinski definition) is 0. The van der Waals surface area contributed by atoms with E-state index >= 15 is 0 Å². The third-order valence-electron chi connectivity index (χ3n) is 10.6. The van der Waals surface area contributed by atoms with Crippen molar-refractivity contribution in [1.29, 1.82) is 0 Å². The second kappa shape index (κ2) is 14.0. The summed E-state index contributed by atoms with van der Waals surface area (Å²) in [7, 11) is 0. The maximum Gasteiger partial charge on any atom is 0.160 e. The highest BCUT2D eigenvalue weighted by molar-refractivity contribution is 6.09. The summed E-state index contributed by atoms with van der Waals surface area (Å²) in [6.45, 7) is 0. The number of para-hydroxylation sites is 2. The average Bonchev–Trinajstić information content (AvgIpc) is 3.61. The van der Waals surface area contributed by atoms with Crippen molar-refractivity contribution in [3.8, 4) is 61.7 Å². The molecule has 3 nitrogen and oxygen atoms in total. The topological polar surface area (TPSA) is 30.7 Å². The minimum atomic E-state index is 0.727. The Bertz CT molecular complexity index is 2830. The number of fused-ring (bicyclic) bond motifs is 3. The number of allylic oxidation sites excluding steroid dienone is 4. The van der Waals surface area contributed by atoms with Crippen molar-refractivity contribution in [2.75, 3.05) is 0 Å². The van der Waals surface area contributed by atoms with Gasteiger partial charge in [-0.3, -0.25) is 0 Å². The number of benzene rings is 7. The lowest BCUT2D eigenvalue weighted by Crippen LogP contribution is -1.98. The third kappa shape index (κ3) is 6.26. The van der Waals surface area contributed by atoms with Crippen molar-refractivity contribution in [2.45, 2.75) is 12.8 Å². The first-order valence-electron chi connectivity index (χ1n) is 19.0. The van der Waals surface area contributed by atoms with Gasteiger partial charge < -0.3 is 4.57 Å². The quantitative estimate of drug-likeness (QED) is 0.165. The molecule has 0 fully saturated rings. The van der Waals surface area contributed by atoms with Crippen LogP contribution < -0.4 is 0 Å². The van der Waals surface area contributed by atoms with Crippen molar-refractivity contribution in [1.82, 2.24) is 14.5 Å². The van der Waals surface area contributed by atoms with E-state index in [2.05, 4.69) is 199 Å². The molecule has 260 valence electrons. The van der Waals surface area contributed by atoms with Gasteiger partial charge in [-0.25, -0.2) is 9.97 Å². The highest BCUT2D eigenvalue weighted by Crippen LogP contribution is 2.36. The predicted molar refractivity (Wildman–Crippen MR) is 230 cm³/mol. The van der Waals surface area contributed by atoms with E-state index in [1.54, 1.807) is 0 Å². The first-order chi connectivity index (χ1) is 27.2. The molecule has 55 heavy (non-hydrogen) atoms. The summed E-state index contributed by atoms with van der Waals surface area (Å²) in [4.78, 5) is 10.2. The van der Waals surface area contributed by atoms with Crippen LogP contribution in [-0.2, 0) is 0 Å². The van der Waals surface area contributed by atoms with Gasteiger partial charge in [-0.15, -0.1) is 0 Å². The van der Waals surface area contributed by atoms with E-state index in [0.29, 0.717) is 0 Å². The van der Waals surface area contributed by atoms with E-state index in [1.165, 1.54) is 44.1 Å². The average molecular weight is 704 g/mol. The van der Waals surface area contributed by atoms with Gasteiger partial charge in [0.25, 0.3) is 0 Å². The zero-order valence-electron chi connectivity index (χ0n) is 30.3. The van der Waals surface area contributed by atoms with E-state index in [-0.39, 0.29) is 0 Å². The molecule has 0 saturated heterocycles. The summed E-state index contributed by atoms with van der Waals surface area (Å²) in [5.41, 5.74) is 15.7. The lowest BCUT2D eigenvalue weighted by molar-refractivity contribution is 1.03. The Hall–Kier alpha value is -7.10. The Morgan fingerprint density at radius 3 is 1.45 bits per heavy atom. The highest BCUT2D eigenvalue weighted by Gasteiger charge is 2.15. The van der Waals surface area contributed by atoms with E-state index < -0.39 is 0 Å². The van der Waals surface area contributed by atoms with Crippen molar-refractivity contribution in [2.24, 2.45) is 0 Å². The monoisotopic (exact) mass is 703 g/mol. The molecule has 0 atom stereocenters. The maximum absolute atomic E-state index is 5.09. The lowest BCUT2D eigenvalue weighted by Gasteiger charge is -2.14. The number of rotatable bonds is 7. The van der Waals surface area contributed by atoms with Crippen LogP contribution in [0.1, 0.15) is 18.5 Å². The first kappa shape index (κ1) is 32.5. The minimum Gasteiger partial charge on any atom is -0.309 e. The van der Waals surface area contributed by atoms with Crippen LogP contribution in [0.4, 0.5) is 0 Å². The molecule has 3 heteroatoms. The van der Waals surface area contributed by atoms with E-state index in [0.717, 1.165) is 63.6 Å². The van der Waals surface area contributed by atoms with Crippen molar-refractivity contribution >= 4 is 27.4 Å². The normalized spacial score (nSPS) is 12.6. The van der Waals surface area contributed by atoms with Crippen LogP contribution in [-0.4, -0.2) is 14.5 Å². The molecule has 0 amide bonds. The molecular formula is C52H37N3. The highest BCUT2D eigenvalue weighted by atomic mass is 15.0. The van der Waals surface area contributed by atoms with Gasteiger partial charge in [0.05, 0.1) is 22.4 Å². The summed E-state index contributed by atoms with van der Waals surface area (Å²) in [6, 6.07) is 65.1. The van der Waals surface area contributed by atoms with Gasteiger partial charge in [-0.2, -0.15) is 0 Å². The minimum absolute atomic E-state index is 0.727. The SMILES string of the molecule is C1=CC(c2cc(-c3ccccc3)nc(-c3ccc(-c4cc(-c5ccccc5)cc(-c5ccc(-n6c7ccccc7c7ccccc76)cc5)c4)cc3)n2)=CCC1. The number of nitrogens with zero attached hydrogens (tertiary/aromatic N) is 3. The first-order valence-corrected chi connectivity index (χ1v) is 19.0. The van der Waals surface area contributed by atoms with E-state index in [9.17, 15) is 0 Å². The largest absolute Gasteiger partial charge is 0.309 e. The maximum atomic E-state index is 5.09. The molecule has 9 aromatic rings. The Labute approximate surface area is 321 Å². The van der Waals surface area contributed by atoms with Crippen LogP contribution in [0.15, 0.2) is 200 Å². The van der Waals surface area contributed by atoms with Crippen LogP contribution in [0.2, 0.25) is 0 Å². The fraction of sp³-hybridized carbons (Fsp3) is 0.0385. The Balaban J connectivity index is 1.03. The zero-order chi connectivity index (χ0) is 36.6. The Morgan fingerprint density at radius 2 is 0.873 bits per heavy atom.